The standard InChI is InChI=1S/C12H27N3O/c1-11(12(2)16-4)13-5-6-15-9-7-14(3)8-10-15/h11-13H,5-10H2,1-4H3. The van der Waals surface area contributed by atoms with Gasteiger partial charge in [-0.25, -0.2) is 0 Å². The molecule has 1 fully saturated rings. The van der Waals surface area contributed by atoms with Crippen molar-refractivity contribution in [1.29, 1.82) is 0 Å². The Morgan fingerprint density at radius 2 is 1.81 bits per heavy atom. The van der Waals surface area contributed by atoms with E-state index in [0.717, 1.165) is 13.1 Å². The van der Waals surface area contributed by atoms with Crippen LogP contribution in [0.2, 0.25) is 0 Å². The number of hydrogen-bond acceptors (Lipinski definition) is 4. The van der Waals surface area contributed by atoms with E-state index >= 15 is 0 Å². The zero-order valence-electron chi connectivity index (χ0n) is 11.2. The van der Waals surface area contributed by atoms with E-state index in [2.05, 4.69) is 36.0 Å². The van der Waals surface area contributed by atoms with Crippen molar-refractivity contribution >= 4 is 0 Å². The van der Waals surface area contributed by atoms with Crippen molar-refractivity contribution in [3.05, 3.63) is 0 Å². The summed E-state index contributed by atoms with van der Waals surface area (Å²) in [6, 6.07) is 0.428. The van der Waals surface area contributed by atoms with E-state index in [1.54, 1.807) is 7.11 Å². The third-order valence-electron chi connectivity index (χ3n) is 3.57. The second kappa shape index (κ2) is 7.22. The van der Waals surface area contributed by atoms with Crippen LogP contribution in [0.4, 0.5) is 0 Å². The fourth-order valence-electron chi connectivity index (χ4n) is 1.89. The van der Waals surface area contributed by atoms with Gasteiger partial charge in [-0.15, -0.1) is 0 Å². The van der Waals surface area contributed by atoms with E-state index in [-0.39, 0.29) is 6.10 Å². The third kappa shape index (κ3) is 4.78. The van der Waals surface area contributed by atoms with Gasteiger partial charge in [0.1, 0.15) is 0 Å². The van der Waals surface area contributed by atoms with Crippen LogP contribution in [0.1, 0.15) is 13.8 Å². The first-order valence-corrected chi connectivity index (χ1v) is 6.30. The first kappa shape index (κ1) is 13.9. The molecule has 2 atom stereocenters. The van der Waals surface area contributed by atoms with Gasteiger partial charge in [0, 0.05) is 52.4 Å². The maximum absolute atomic E-state index is 5.29. The smallest absolute Gasteiger partial charge is 0.0693 e. The molecule has 0 radical (unpaired) electrons. The van der Waals surface area contributed by atoms with Crippen molar-refractivity contribution in [2.75, 3.05) is 53.4 Å². The highest BCUT2D eigenvalue weighted by molar-refractivity contribution is 4.72. The first-order chi connectivity index (χ1) is 7.63. The van der Waals surface area contributed by atoms with Crippen molar-refractivity contribution in [1.82, 2.24) is 15.1 Å². The van der Waals surface area contributed by atoms with E-state index in [4.69, 9.17) is 4.74 Å². The third-order valence-corrected chi connectivity index (χ3v) is 3.57. The number of likely N-dealkylation sites (N-methyl/N-ethyl adjacent to an activating group) is 1. The molecule has 0 aliphatic carbocycles. The topological polar surface area (TPSA) is 27.7 Å². The molecule has 16 heavy (non-hydrogen) atoms. The quantitative estimate of drug-likeness (QED) is 0.706. The summed E-state index contributed by atoms with van der Waals surface area (Å²) in [7, 11) is 3.96. The number of hydrogen-bond donors (Lipinski definition) is 1. The Balaban J connectivity index is 2.06. The van der Waals surface area contributed by atoms with E-state index in [0.29, 0.717) is 6.04 Å². The van der Waals surface area contributed by atoms with Gasteiger partial charge in [-0.05, 0) is 20.9 Å². The van der Waals surface area contributed by atoms with Crippen molar-refractivity contribution in [2.24, 2.45) is 0 Å². The van der Waals surface area contributed by atoms with Crippen molar-refractivity contribution in [3.63, 3.8) is 0 Å². The molecule has 4 heteroatoms. The van der Waals surface area contributed by atoms with Crippen LogP contribution in [-0.2, 0) is 4.74 Å². The van der Waals surface area contributed by atoms with Crippen molar-refractivity contribution in [2.45, 2.75) is 26.0 Å². The SMILES string of the molecule is COC(C)C(C)NCCN1CCN(C)CC1. The van der Waals surface area contributed by atoms with Gasteiger partial charge in [0.2, 0.25) is 0 Å². The number of ether oxygens (including phenoxy) is 1. The predicted molar refractivity (Wildman–Crippen MR) is 67.9 cm³/mol. The summed E-state index contributed by atoms with van der Waals surface area (Å²) in [4.78, 5) is 4.91. The van der Waals surface area contributed by atoms with Crippen LogP contribution in [0, 0.1) is 0 Å². The summed E-state index contributed by atoms with van der Waals surface area (Å²) in [6.07, 6.45) is 0.285. The first-order valence-electron chi connectivity index (χ1n) is 6.30. The summed E-state index contributed by atoms with van der Waals surface area (Å²) in [6.45, 7) is 11.3. The van der Waals surface area contributed by atoms with Crippen LogP contribution in [0.25, 0.3) is 0 Å². The Hall–Kier alpha value is -0.160. The Labute approximate surface area is 99.9 Å². The highest BCUT2D eigenvalue weighted by Crippen LogP contribution is 1.99. The van der Waals surface area contributed by atoms with Crippen LogP contribution in [0.5, 0.6) is 0 Å². The van der Waals surface area contributed by atoms with Crippen LogP contribution < -0.4 is 5.32 Å². The molecule has 0 aromatic carbocycles. The Kier molecular flexibility index (Phi) is 6.28. The largest absolute Gasteiger partial charge is 0.380 e. The van der Waals surface area contributed by atoms with Gasteiger partial charge in [0.15, 0.2) is 0 Å². The van der Waals surface area contributed by atoms with E-state index in [1.165, 1.54) is 26.2 Å². The highest BCUT2D eigenvalue weighted by atomic mass is 16.5. The summed E-state index contributed by atoms with van der Waals surface area (Å²) in [5, 5.41) is 3.51. The van der Waals surface area contributed by atoms with Gasteiger partial charge in [-0.1, -0.05) is 0 Å². The molecule has 0 amide bonds. The minimum absolute atomic E-state index is 0.285. The second-order valence-electron chi connectivity index (χ2n) is 4.83. The minimum atomic E-state index is 0.285. The van der Waals surface area contributed by atoms with Gasteiger partial charge >= 0.3 is 0 Å². The van der Waals surface area contributed by atoms with Crippen molar-refractivity contribution < 1.29 is 4.74 Å². The number of nitrogens with one attached hydrogen (secondary N) is 1. The molecule has 1 heterocycles. The molecule has 0 aromatic heterocycles. The number of methoxy groups -OCH3 is 1. The molecule has 1 saturated heterocycles. The Morgan fingerprint density at radius 3 is 2.38 bits per heavy atom. The summed E-state index contributed by atoms with van der Waals surface area (Å²) >= 11 is 0. The Bertz CT molecular complexity index is 181. The summed E-state index contributed by atoms with van der Waals surface area (Å²) in [5.41, 5.74) is 0. The maximum atomic E-state index is 5.29. The van der Waals surface area contributed by atoms with Crippen LogP contribution >= 0.6 is 0 Å². The predicted octanol–water partition coefficient (Wildman–Crippen LogP) is 0.247. The van der Waals surface area contributed by atoms with E-state index < -0.39 is 0 Å². The van der Waals surface area contributed by atoms with Gasteiger partial charge in [-0.2, -0.15) is 0 Å². The molecular formula is C12H27N3O. The molecule has 1 aliphatic heterocycles. The van der Waals surface area contributed by atoms with Crippen molar-refractivity contribution in [3.8, 4) is 0 Å². The number of piperazine rings is 1. The zero-order valence-corrected chi connectivity index (χ0v) is 11.2. The van der Waals surface area contributed by atoms with Gasteiger partial charge in [0.25, 0.3) is 0 Å². The van der Waals surface area contributed by atoms with Gasteiger partial charge in [0.05, 0.1) is 6.10 Å². The fraction of sp³-hybridized carbons (Fsp3) is 1.00. The van der Waals surface area contributed by atoms with E-state index in [1.807, 2.05) is 0 Å². The number of nitrogens with zero attached hydrogens (tertiary/aromatic N) is 2. The summed E-state index contributed by atoms with van der Waals surface area (Å²) < 4.78 is 5.29. The average Bonchev–Trinajstić information content (AvgIpc) is 2.30. The molecule has 0 spiro atoms. The molecule has 0 aromatic rings. The minimum Gasteiger partial charge on any atom is -0.380 e. The maximum Gasteiger partial charge on any atom is 0.0693 e. The fourth-order valence-corrected chi connectivity index (χ4v) is 1.89. The van der Waals surface area contributed by atoms with Crippen LogP contribution in [0.15, 0.2) is 0 Å². The lowest BCUT2D eigenvalue weighted by Gasteiger charge is -2.32. The molecular weight excluding hydrogens is 202 g/mol. The zero-order chi connectivity index (χ0) is 12.0. The molecule has 1 N–H and O–H groups in total. The molecule has 1 aliphatic rings. The van der Waals surface area contributed by atoms with Crippen LogP contribution in [-0.4, -0.2) is 75.4 Å². The summed E-state index contributed by atoms with van der Waals surface area (Å²) in [5.74, 6) is 0. The number of rotatable bonds is 6. The van der Waals surface area contributed by atoms with E-state index in [9.17, 15) is 0 Å². The molecule has 96 valence electrons. The molecule has 1 rings (SSSR count). The highest BCUT2D eigenvalue weighted by Gasteiger charge is 2.14. The van der Waals surface area contributed by atoms with Gasteiger partial charge < -0.3 is 15.0 Å². The average molecular weight is 229 g/mol. The molecule has 0 saturated carbocycles. The lowest BCUT2D eigenvalue weighted by Crippen LogP contribution is -2.48. The lowest BCUT2D eigenvalue weighted by molar-refractivity contribution is 0.0860. The molecule has 4 nitrogen and oxygen atoms in total. The van der Waals surface area contributed by atoms with Gasteiger partial charge in [-0.3, -0.25) is 4.90 Å². The normalized spacial score (nSPS) is 23.2. The Morgan fingerprint density at radius 1 is 1.19 bits per heavy atom. The monoisotopic (exact) mass is 229 g/mol. The van der Waals surface area contributed by atoms with Crippen LogP contribution in [0.3, 0.4) is 0 Å². The molecule has 2 unspecified atom stereocenters. The second-order valence-corrected chi connectivity index (χ2v) is 4.83. The molecule has 0 bridgehead atoms. The lowest BCUT2D eigenvalue weighted by atomic mass is 10.2.